The predicted octanol–water partition coefficient (Wildman–Crippen LogP) is 2.81. The molecular formula is C17H14N6OS. The molecule has 0 unspecified atom stereocenters. The fourth-order valence-electron chi connectivity index (χ4n) is 3.26. The van der Waals surface area contributed by atoms with Gasteiger partial charge in [-0.25, -0.2) is 15.0 Å². The van der Waals surface area contributed by atoms with Crippen molar-refractivity contribution in [1.29, 1.82) is 0 Å². The molecule has 1 aromatic carbocycles. The molecule has 7 nitrogen and oxygen atoms in total. The molecule has 0 saturated carbocycles. The molecule has 1 aliphatic carbocycles. The Kier molecular flexibility index (Phi) is 3.17. The minimum absolute atomic E-state index is 0.259. The molecule has 5 rings (SSSR count). The highest BCUT2D eigenvalue weighted by Gasteiger charge is 2.21. The van der Waals surface area contributed by atoms with Crippen LogP contribution in [0.1, 0.15) is 27.5 Å². The van der Waals surface area contributed by atoms with Crippen molar-refractivity contribution in [3.05, 3.63) is 46.9 Å². The van der Waals surface area contributed by atoms with Gasteiger partial charge in [-0.15, -0.1) is 11.3 Å². The lowest BCUT2D eigenvalue weighted by Gasteiger charge is -2.08. The van der Waals surface area contributed by atoms with Gasteiger partial charge < -0.3 is 4.98 Å². The molecule has 4 aromatic rings. The molecule has 3 N–H and O–H groups in total. The van der Waals surface area contributed by atoms with Crippen LogP contribution < -0.4 is 10.9 Å². The van der Waals surface area contributed by atoms with E-state index >= 15 is 0 Å². The monoisotopic (exact) mass is 350 g/mol. The molecule has 0 aliphatic heterocycles. The van der Waals surface area contributed by atoms with E-state index in [-0.39, 0.29) is 11.7 Å². The Labute approximate surface area is 146 Å². The molecule has 0 atom stereocenters. The Balaban J connectivity index is 1.42. The molecule has 0 fully saturated rings. The predicted molar refractivity (Wildman–Crippen MR) is 96.6 cm³/mol. The third kappa shape index (κ3) is 2.33. The van der Waals surface area contributed by atoms with E-state index in [0.29, 0.717) is 5.82 Å². The van der Waals surface area contributed by atoms with Crippen LogP contribution in [0.15, 0.2) is 30.6 Å². The fraction of sp³-hybridized carbons (Fsp3) is 0.176. The van der Waals surface area contributed by atoms with Crippen LogP contribution in [0.2, 0.25) is 0 Å². The van der Waals surface area contributed by atoms with E-state index in [2.05, 4.69) is 30.8 Å². The van der Waals surface area contributed by atoms with Gasteiger partial charge in [0.25, 0.3) is 0 Å². The maximum atomic E-state index is 12.4. The lowest BCUT2D eigenvalue weighted by molar-refractivity contribution is 0.0953. The summed E-state index contributed by atoms with van der Waals surface area (Å²) in [5.41, 5.74) is 8.51. The average Bonchev–Trinajstić information content (AvgIpc) is 3.32. The summed E-state index contributed by atoms with van der Waals surface area (Å²) in [6.45, 7) is 0. The molecule has 124 valence electrons. The first-order chi connectivity index (χ1) is 12.3. The third-order valence-electron chi connectivity index (χ3n) is 4.40. The van der Waals surface area contributed by atoms with E-state index in [9.17, 15) is 4.79 Å². The fourth-order valence-corrected chi connectivity index (χ4v) is 4.49. The SMILES string of the molecule is O=C(NNc1ncnc2sc3c(c12)CCC3)c1nc2ccccc2[nH]1. The van der Waals surface area contributed by atoms with Crippen molar-refractivity contribution < 1.29 is 4.79 Å². The number of hydrazine groups is 1. The molecule has 3 heterocycles. The van der Waals surface area contributed by atoms with E-state index in [4.69, 9.17) is 0 Å². The minimum Gasteiger partial charge on any atom is -0.334 e. The normalized spacial score (nSPS) is 13.3. The zero-order valence-electron chi connectivity index (χ0n) is 13.2. The van der Waals surface area contributed by atoms with Crippen molar-refractivity contribution in [3.63, 3.8) is 0 Å². The summed E-state index contributed by atoms with van der Waals surface area (Å²) in [6.07, 6.45) is 4.82. The maximum Gasteiger partial charge on any atom is 0.305 e. The highest BCUT2D eigenvalue weighted by molar-refractivity contribution is 7.19. The number of H-pyrrole nitrogens is 1. The molecule has 8 heteroatoms. The first-order valence-electron chi connectivity index (χ1n) is 8.06. The summed E-state index contributed by atoms with van der Waals surface area (Å²) in [5, 5.41) is 1.02. The molecule has 3 aromatic heterocycles. The zero-order chi connectivity index (χ0) is 16.8. The summed E-state index contributed by atoms with van der Waals surface area (Å²) in [5.74, 6) is 0.554. The summed E-state index contributed by atoms with van der Waals surface area (Å²) < 4.78 is 0. The topological polar surface area (TPSA) is 95.6 Å². The Morgan fingerprint density at radius 3 is 3.04 bits per heavy atom. The second-order valence-electron chi connectivity index (χ2n) is 5.94. The maximum absolute atomic E-state index is 12.4. The van der Waals surface area contributed by atoms with Gasteiger partial charge in [-0.3, -0.25) is 15.6 Å². The number of rotatable bonds is 3. The molecule has 0 spiro atoms. The number of para-hydroxylation sites is 2. The number of amides is 1. The summed E-state index contributed by atoms with van der Waals surface area (Å²) in [6, 6.07) is 7.53. The van der Waals surface area contributed by atoms with Crippen molar-refractivity contribution in [2.45, 2.75) is 19.3 Å². The quantitative estimate of drug-likeness (QED) is 0.494. The van der Waals surface area contributed by atoms with Crippen molar-refractivity contribution >= 4 is 44.3 Å². The molecule has 0 bridgehead atoms. The van der Waals surface area contributed by atoms with Gasteiger partial charge in [0.05, 0.1) is 16.4 Å². The van der Waals surface area contributed by atoms with Crippen LogP contribution in [-0.4, -0.2) is 25.8 Å². The van der Waals surface area contributed by atoms with Crippen LogP contribution in [-0.2, 0) is 12.8 Å². The number of anilines is 1. The number of carbonyl (C=O) groups excluding carboxylic acids is 1. The van der Waals surface area contributed by atoms with E-state index < -0.39 is 0 Å². The van der Waals surface area contributed by atoms with Gasteiger partial charge in [0.1, 0.15) is 11.2 Å². The van der Waals surface area contributed by atoms with Crippen LogP contribution in [0.5, 0.6) is 0 Å². The number of hydrogen-bond donors (Lipinski definition) is 3. The van der Waals surface area contributed by atoms with E-state index in [1.54, 1.807) is 11.3 Å². The number of fused-ring (bicyclic) bond motifs is 4. The summed E-state index contributed by atoms with van der Waals surface area (Å²) in [4.78, 5) is 30.7. The lowest BCUT2D eigenvalue weighted by Crippen LogP contribution is -2.30. The van der Waals surface area contributed by atoms with Crippen LogP contribution in [0.25, 0.3) is 21.3 Å². The van der Waals surface area contributed by atoms with Crippen LogP contribution >= 0.6 is 11.3 Å². The molecule has 0 radical (unpaired) electrons. The number of thiophene rings is 1. The first-order valence-corrected chi connectivity index (χ1v) is 8.87. The van der Waals surface area contributed by atoms with Gasteiger partial charge in [0.2, 0.25) is 0 Å². The molecule has 1 aliphatic rings. The van der Waals surface area contributed by atoms with Gasteiger partial charge in [0.15, 0.2) is 11.6 Å². The molecule has 25 heavy (non-hydrogen) atoms. The average molecular weight is 350 g/mol. The van der Waals surface area contributed by atoms with Gasteiger partial charge in [-0.2, -0.15) is 0 Å². The van der Waals surface area contributed by atoms with E-state index in [1.165, 1.54) is 16.8 Å². The third-order valence-corrected chi connectivity index (χ3v) is 5.60. The number of carbonyl (C=O) groups is 1. The number of aromatic amines is 1. The van der Waals surface area contributed by atoms with Gasteiger partial charge >= 0.3 is 5.91 Å². The second-order valence-corrected chi connectivity index (χ2v) is 7.03. The van der Waals surface area contributed by atoms with Crippen LogP contribution in [0.3, 0.4) is 0 Å². The Bertz CT molecular complexity index is 1080. The number of aryl methyl sites for hydroxylation is 2. The summed E-state index contributed by atoms with van der Waals surface area (Å²) in [7, 11) is 0. The molecule has 1 amide bonds. The van der Waals surface area contributed by atoms with Crippen molar-refractivity contribution in [1.82, 2.24) is 25.4 Å². The van der Waals surface area contributed by atoms with Crippen LogP contribution in [0.4, 0.5) is 5.82 Å². The number of nitrogens with one attached hydrogen (secondary N) is 3. The largest absolute Gasteiger partial charge is 0.334 e. The summed E-state index contributed by atoms with van der Waals surface area (Å²) >= 11 is 1.71. The molecular weight excluding hydrogens is 336 g/mol. The lowest BCUT2D eigenvalue weighted by atomic mass is 10.2. The second kappa shape index (κ2) is 5.52. The number of aromatic nitrogens is 4. The highest BCUT2D eigenvalue weighted by atomic mass is 32.1. The van der Waals surface area contributed by atoms with Gasteiger partial charge in [0, 0.05) is 4.88 Å². The smallest absolute Gasteiger partial charge is 0.305 e. The van der Waals surface area contributed by atoms with Gasteiger partial charge in [-0.05, 0) is 37.0 Å². The van der Waals surface area contributed by atoms with Crippen molar-refractivity contribution in [3.8, 4) is 0 Å². The zero-order valence-corrected chi connectivity index (χ0v) is 14.0. The first kappa shape index (κ1) is 14.4. The molecule has 0 saturated heterocycles. The Morgan fingerprint density at radius 1 is 1.20 bits per heavy atom. The van der Waals surface area contributed by atoms with Crippen molar-refractivity contribution in [2.24, 2.45) is 0 Å². The number of nitrogens with zero attached hydrogens (tertiary/aromatic N) is 3. The Hall–Kier alpha value is -3.00. The number of benzene rings is 1. The Morgan fingerprint density at radius 2 is 2.12 bits per heavy atom. The standard InChI is InChI=1S/C17H14N6OS/c24-16(15-20-10-5-1-2-6-11(10)21-15)23-22-14-13-9-4-3-7-12(9)25-17(13)19-8-18-14/h1-2,5-6,8H,3-4,7H2,(H,20,21)(H,23,24)(H,18,19,22). The van der Waals surface area contributed by atoms with E-state index in [0.717, 1.165) is 40.5 Å². The van der Waals surface area contributed by atoms with Gasteiger partial charge in [-0.1, -0.05) is 12.1 Å². The minimum atomic E-state index is -0.338. The van der Waals surface area contributed by atoms with Crippen molar-refractivity contribution in [2.75, 3.05) is 5.43 Å². The number of imidazole rings is 1. The highest BCUT2D eigenvalue weighted by Crippen LogP contribution is 2.38. The number of hydrogen-bond acceptors (Lipinski definition) is 6. The van der Waals surface area contributed by atoms with Crippen LogP contribution in [0, 0.1) is 0 Å². The van der Waals surface area contributed by atoms with E-state index in [1.807, 2.05) is 24.3 Å².